The summed E-state index contributed by atoms with van der Waals surface area (Å²) in [5, 5.41) is 3.57. The zero-order valence-corrected chi connectivity index (χ0v) is 10.3. The van der Waals surface area contributed by atoms with E-state index in [0.717, 1.165) is 12.8 Å². The predicted molar refractivity (Wildman–Crippen MR) is 59.2 cm³/mol. The lowest BCUT2D eigenvalue weighted by Crippen LogP contribution is -2.61. The van der Waals surface area contributed by atoms with Gasteiger partial charge in [0.15, 0.2) is 0 Å². The van der Waals surface area contributed by atoms with E-state index in [2.05, 4.69) is 38.5 Å². The molecule has 1 aliphatic heterocycles. The van der Waals surface area contributed by atoms with Crippen molar-refractivity contribution < 1.29 is 9.63 Å². The van der Waals surface area contributed by atoms with E-state index >= 15 is 0 Å². The van der Waals surface area contributed by atoms with E-state index in [4.69, 9.17) is 4.84 Å². The topological polar surface area (TPSA) is 50.4 Å². The maximum absolute atomic E-state index is 10.7. The highest BCUT2D eigenvalue weighted by atomic mass is 16.7. The minimum Gasteiger partial charge on any atom is -0.371 e. The number of hydrogen-bond donors (Lipinski definition) is 2. The minimum absolute atomic E-state index is 0.0690. The first-order chi connectivity index (χ1) is 6.70. The van der Waals surface area contributed by atoms with Crippen molar-refractivity contribution in [1.29, 1.82) is 0 Å². The third-order valence-electron chi connectivity index (χ3n) is 2.56. The van der Waals surface area contributed by atoms with Gasteiger partial charge >= 0.3 is 5.97 Å². The van der Waals surface area contributed by atoms with Gasteiger partial charge in [-0.3, -0.25) is 4.79 Å². The number of carbonyl (C=O) groups is 1. The van der Waals surface area contributed by atoms with E-state index in [9.17, 15) is 4.79 Å². The summed E-state index contributed by atoms with van der Waals surface area (Å²) in [5.41, 5.74) is 2.98. The first-order valence-electron chi connectivity index (χ1n) is 5.42. The fraction of sp³-hybridized carbons (Fsp3) is 0.909. The number of hydrogen-bond acceptors (Lipinski definition) is 4. The fourth-order valence-corrected chi connectivity index (χ4v) is 2.57. The Morgan fingerprint density at radius 3 is 2.13 bits per heavy atom. The van der Waals surface area contributed by atoms with Crippen LogP contribution < -0.4 is 10.8 Å². The van der Waals surface area contributed by atoms with Gasteiger partial charge < -0.3 is 10.2 Å². The van der Waals surface area contributed by atoms with Crippen LogP contribution in [0.15, 0.2) is 0 Å². The van der Waals surface area contributed by atoms with Crippen molar-refractivity contribution in [2.75, 3.05) is 0 Å². The molecule has 2 N–H and O–H groups in total. The van der Waals surface area contributed by atoms with Crippen molar-refractivity contribution in [2.45, 2.75) is 64.6 Å². The Balaban J connectivity index is 2.55. The van der Waals surface area contributed by atoms with E-state index in [1.165, 1.54) is 6.92 Å². The van der Waals surface area contributed by atoms with Crippen LogP contribution in [0, 0.1) is 0 Å². The fourth-order valence-electron chi connectivity index (χ4n) is 2.57. The van der Waals surface area contributed by atoms with Crippen LogP contribution in [-0.4, -0.2) is 23.1 Å². The average molecular weight is 214 g/mol. The summed E-state index contributed by atoms with van der Waals surface area (Å²) in [6.07, 6.45) is 1.90. The molecule has 0 radical (unpaired) electrons. The molecule has 1 fully saturated rings. The van der Waals surface area contributed by atoms with Gasteiger partial charge in [0.2, 0.25) is 0 Å². The molecule has 88 valence electrons. The van der Waals surface area contributed by atoms with Crippen molar-refractivity contribution in [3.05, 3.63) is 0 Å². The quantitative estimate of drug-likeness (QED) is 0.682. The van der Waals surface area contributed by atoms with Crippen LogP contribution in [-0.2, 0) is 9.63 Å². The molecule has 15 heavy (non-hydrogen) atoms. The highest BCUT2D eigenvalue weighted by Gasteiger charge is 2.37. The smallest absolute Gasteiger partial charge is 0.321 e. The molecule has 0 spiro atoms. The Morgan fingerprint density at radius 2 is 1.73 bits per heavy atom. The SMILES string of the molecule is CC(=O)ONC1CC(C)(C)NC(C)(C)C1. The van der Waals surface area contributed by atoms with E-state index in [-0.39, 0.29) is 23.1 Å². The molecule has 0 aromatic rings. The monoisotopic (exact) mass is 214 g/mol. The van der Waals surface area contributed by atoms with Crippen molar-refractivity contribution in [1.82, 2.24) is 10.8 Å². The van der Waals surface area contributed by atoms with Gasteiger partial charge in [0.05, 0.1) is 0 Å². The average Bonchev–Trinajstić information content (AvgIpc) is 1.94. The maximum Gasteiger partial charge on any atom is 0.321 e. The lowest BCUT2D eigenvalue weighted by Gasteiger charge is -2.46. The number of piperidine rings is 1. The summed E-state index contributed by atoms with van der Waals surface area (Å²) in [4.78, 5) is 15.6. The second kappa shape index (κ2) is 4.10. The Bertz CT molecular complexity index is 233. The molecule has 0 bridgehead atoms. The molecule has 0 aromatic heterocycles. The maximum atomic E-state index is 10.7. The van der Waals surface area contributed by atoms with Crippen molar-refractivity contribution in [3.63, 3.8) is 0 Å². The Kier molecular flexibility index (Phi) is 3.41. The number of carbonyl (C=O) groups excluding carboxylic acids is 1. The van der Waals surface area contributed by atoms with E-state index in [1.807, 2.05) is 0 Å². The molecule has 1 aliphatic rings. The van der Waals surface area contributed by atoms with Gasteiger partial charge in [-0.1, -0.05) is 0 Å². The first kappa shape index (κ1) is 12.5. The Morgan fingerprint density at radius 1 is 1.27 bits per heavy atom. The van der Waals surface area contributed by atoms with Crippen LogP contribution in [0.4, 0.5) is 0 Å². The molecular formula is C11H22N2O2. The van der Waals surface area contributed by atoms with E-state index < -0.39 is 0 Å². The summed E-state index contributed by atoms with van der Waals surface area (Å²) in [7, 11) is 0. The number of nitrogens with one attached hydrogen (secondary N) is 2. The van der Waals surface area contributed by atoms with Gasteiger partial charge in [-0.25, -0.2) is 0 Å². The second-order valence-corrected chi connectivity index (χ2v) is 5.71. The van der Waals surface area contributed by atoms with Gasteiger partial charge in [-0.15, -0.1) is 5.48 Å². The Labute approximate surface area is 91.7 Å². The second-order valence-electron chi connectivity index (χ2n) is 5.71. The molecule has 1 heterocycles. The van der Waals surface area contributed by atoms with Gasteiger partial charge in [0.25, 0.3) is 0 Å². The Hall–Kier alpha value is -0.610. The zero-order valence-electron chi connectivity index (χ0n) is 10.3. The third kappa shape index (κ3) is 4.18. The summed E-state index contributed by atoms with van der Waals surface area (Å²) in [5.74, 6) is -0.288. The molecular weight excluding hydrogens is 192 g/mol. The highest BCUT2D eigenvalue weighted by molar-refractivity contribution is 5.65. The van der Waals surface area contributed by atoms with E-state index in [1.54, 1.807) is 0 Å². The first-order valence-corrected chi connectivity index (χ1v) is 5.42. The summed E-state index contributed by atoms with van der Waals surface area (Å²) >= 11 is 0. The lowest BCUT2D eigenvalue weighted by atomic mass is 9.80. The van der Waals surface area contributed by atoms with Crippen LogP contribution in [0.25, 0.3) is 0 Å². The molecule has 0 aromatic carbocycles. The summed E-state index contributed by atoms with van der Waals surface area (Å²) < 4.78 is 0. The van der Waals surface area contributed by atoms with Crippen LogP contribution in [0.5, 0.6) is 0 Å². The molecule has 0 atom stereocenters. The highest BCUT2D eigenvalue weighted by Crippen LogP contribution is 2.28. The number of rotatable bonds is 2. The van der Waals surface area contributed by atoms with Gasteiger partial charge in [-0.2, -0.15) is 0 Å². The van der Waals surface area contributed by atoms with Gasteiger partial charge in [-0.05, 0) is 40.5 Å². The third-order valence-corrected chi connectivity index (χ3v) is 2.56. The lowest BCUT2D eigenvalue weighted by molar-refractivity contribution is -0.151. The van der Waals surface area contributed by atoms with Crippen molar-refractivity contribution >= 4 is 5.97 Å². The van der Waals surface area contributed by atoms with Crippen LogP contribution in [0.1, 0.15) is 47.5 Å². The molecule has 4 heteroatoms. The van der Waals surface area contributed by atoms with Crippen LogP contribution >= 0.6 is 0 Å². The van der Waals surface area contributed by atoms with Crippen LogP contribution in [0.3, 0.4) is 0 Å². The summed E-state index contributed by atoms with van der Waals surface area (Å²) in [6, 6.07) is 0.222. The van der Waals surface area contributed by atoms with Crippen LogP contribution in [0.2, 0.25) is 0 Å². The predicted octanol–water partition coefficient (Wildman–Crippen LogP) is 1.36. The van der Waals surface area contributed by atoms with Crippen molar-refractivity contribution in [2.24, 2.45) is 0 Å². The summed E-state index contributed by atoms with van der Waals surface area (Å²) in [6.45, 7) is 10.1. The molecule has 0 saturated carbocycles. The standard InChI is InChI=1S/C11H22N2O2/c1-8(14)15-12-9-6-10(2,3)13-11(4,5)7-9/h9,12-13H,6-7H2,1-5H3. The van der Waals surface area contributed by atoms with Gasteiger partial charge in [0, 0.05) is 24.0 Å². The minimum atomic E-state index is -0.288. The van der Waals surface area contributed by atoms with Crippen molar-refractivity contribution in [3.8, 4) is 0 Å². The van der Waals surface area contributed by atoms with Gasteiger partial charge in [0.1, 0.15) is 0 Å². The molecule has 4 nitrogen and oxygen atoms in total. The zero-order chi connectivity index (χ0) is 11.7. The molecule has 0 unspecified atom stereocenters. The molecule has 0 aliphatic carbocycles. The molecule has 1 saturated heterocycles. The molecule has 1 rings (SSSR count). The molecule has 0 amide bonds. The largest absolute Gasteiger partial charge is 0.371 e. The normalized spacial score (nSPS) is 24.9. The number of hydroxylamine groups is 1. The van der Waals surface area contributed by atoms with E-state index in [0.29, 0.717) is 0 Å².